The highest BCUT2D eigenvalue weighted by atomic mass is 32.1. The van der Waals surface area contributed by atoms with Gasteiger partial charge in [0.05, 0.1) is 5.69 Å². The lowest BCUT2D eigenvalue weighted by Gasteiger charge is -2.06. The van der Waals surface area contributed by atoms with Crippen LogP contribution in [0, 0.1) is 6.92 Å². The molecule has 1 heterocycles. The average Bonchev–Trinajstić information content (AvgIpc) is 2.83. The second-order valence-electron chi connectivity index (χ2n) is 4.70. The van der Waals surface area contributed by atoms with Crippen LogP contribution in [0.25, 0.3) is 0 Å². The molecule has 1 aromatic carbocycles. The van der Waals surface area contributed by atoms with Gasteiger partial charge in [0.2, 0.25) is 5.91 Å². The van der Waals surface area contributed by atoms with Gasteiger partial charge in [-0.05, 0) is 24.5 Å². The Labute approximate surface area is 123 Å². The van der Waals surface area contributed by atoms with Gasteiger partial charge in [-0.1, -0.05) is 24.3 Å². The zero-order chi connectivity index (χ0) is 14.4. The molecule has 0 saturated carbocycles. The van der Waals surface area contributed by atoms with Gasteiger partial charge < -0.3 is 11.1 Å². The number of carbonyl (C=O) groups is 1. The van der Waals surface area contributed by atoms with Crippen molar-refractivity contribution in [3.63, 3.8) is 0 Å². The molecule has 1 amide bonds. The summed E-state index contributed by atoms with van der Waals surface area (Å²) in [5.74, 6) is 0.0801. The van der Waals surface area contributed by atoms with Crippen molar-refractivity contribution in [1.82, 2.24) is 10.3 Å². The lowest BCUT2D eigenvalue weighted by atomic mass is 10.0. The predicted octanol–water partition coefficient (Wildman–Crippen LogP) is 2.33. The number of thiazole rings is 1. The largest absolute Gasteiger partial charge is 0.375 e. The second kappa shape index (κ2) is 7.05. The Balaban J connectivity index is 1.69. The molecule has 5 heteroatoms. The van der Waals surface area contributed by atoms with Crippen molar-refractivity contribution in [2.45, 2.75) is 26.2 Å². The molecule has 0 aliphatic carbocycles. The Bertz CT molecular complexity index is 580. The SMILES string of the molecule is Cc1ccccc1CCC(=O)NCCc1csc(N)n1. The van der Waals surface area contributed by atoms with E-state index in [2.05, 4.69) is 29.4 Å². The number of anilines is 1. The summed E-state index contributed by atoms with van der Waals surface area (Å²) in [5.41, 5.74) is 8.96. The van der Waals surface area contributed by atoms with Crippen molar-refractivity contribution < 1.29 is 4.79 Å². The van der Waals surface area contributed by atoms with Crippen LogP contribution in [0.5, 0.6) is 0 Å². The summed E-state index contributed by atoms with van der Waals surface area (Å²) < 4.78 is 0. The lowest BCUT2D eigenvalue weighted by molar-refractivity contribution is -0.121. The molecular weight excluding hydrogens is 270 g/mol. The van der Waals surface area contributed by atoms with Crippen molar-refractivity contribution in [3.8, 4) is 0 Å². The number of amides is 1. The molecule has 0 bridgehead atoms. The Morgan fingerprint density at radius 1 is 1.35 bits per heavy atom. The fourth-order valence-electron chi connectivity index (χ4n) is 1.99. The molecule has 106 valence electrons. The summed E-state index contributed by atoms with van der Waals surface area (Å²) in [6.45, 7) is 2.68. The van der Waals surface area contributed by atoms with E-state index in [4.69, 9.17) is 5.73 Å². The molecule has 0 spiro atoms. The molecule has 0 unspecified atom stereocenters. The molecule has 0 aliphatic rings. The number of aryl methyl sites for hydroxylation is 2. The van der Waals surface area contributed by atoms with Gasteiger partial charge in [-0.25, -0.2) is 4.98 Å². The van der Waals surface area contributed by atoms with E-state index in [-0.39, 0.29) is 5.91 Å². The van der Waals surface area contributed by atoms with Crippen LogP contribution >= 0.6 is 11.3 Å². The summed E-state index contributed by atoms with van der Waals surface area (Å²) in [6, 6.07) is 8.16. The van der Waals surface area contributed by atoms with E-state index in [0.29, 0.717) is 18.1 Å². The van der Waals surface area contributed by atoms with Crippen molar-refractivity contribution in [2.75, 3.05) is 12.3 Å². The number of rotatable bonds is 6. The van der Waals surface area contributed by atoms with Gasteiger partial charge in [0.15, 0.2) is 5.13 Å². The van der Waals surface area contributed by atoms with Gasteiger partial charge in [0.25, 0.3) is 0 Å². The highest BCUT2D eigenvalue weighted by Crippen LogP contribution is 2.11. The minimum absolute atomic E-state index is 0.0801. The predicted molar refractivity (Wildman–Crippen MR) is 82.7 cm³/mol. The number of nitrogens with two attached hydrogens (primary N) is 1. The van der Waals surface area contributed by atoms with E-state index in [9.17, 15) is 4.79 Å². The zero-order valence-electron chi connectivity index (χ0n) is 11.6. The van der Waals surface area contributed by atoms with Crippen LogP contribution in [0.3, 0.4) is 0 Å². The number of hydrogen-bond acceptors (Lipinski definition) is 4. The fraction of sp³-hybridized carbons (Fsp3) is 0.333. The Kier molecular flexibility index (Phi) is 5.12. The number of hydrogen-bond donors (Lipinski definition) is 2. The lowest BCUT2D eigenvalue weighted by Crippen LogP contribution is -2.26. The van der Waals surface area contributed by atoms with Crippen molar-refractivity contribution >= 4 is 22.4 Å². The van der Waals surface area contributed by atoms with E-state index < -0.39 is 0 Å². The van der Waals surface area contributed by atoms with Crippen LogP contribution in [0.2, 0.25) is 0 Å². The first-order valence-corrected chi connectivity index (χ1v) is 7.54. The Morgan fingerprint density at radius 2 is 2.15 bits per heavy atom. The van der Waals surface area contributed by atoms with E-state index in [1.54, 1.807) is 0 Å². The molecule has 0 aliphatic heterocycles. The first-order chi connectivity index (χ1) is 9.65. The molecule has 0 atom stereocenters. The quantitative estimate of drug-likeness (QED) is 0.857. The zero-order valence-corrected chi connectivity index (χ0v) is 12.4. The molecule has 1 aromatic heterocycles. The number of aromatic nitrogens is 1. The molecular formula is C15H19N3OS. The van der Waals surface area contributed by atoms with Gasteiger partial charge >= 0.3 is 0 Å². The van der Waals surface area contributed by atoms with Gasteiger partial charge in [0, 0.05) is 24.8 Å². The van der Waals surface area contributed by atoms with E-state index in [0.717, 1.165) is 18.5 Å². The number of carbonyl (C=O) groups excluding carboxylic acids is 1. The first kappa shape index (κ1) is 14.5. The van der Waals surface area contributed by atoms with E-state index in [1.807, 2.05) is 17.5 Å². The van der Waals surface area contributed by atoms with Gasteiger partial charge in [-0.3, -0.25) is 4.79 Å². The smallest absolute Gasteiger partial charge is 0.220 e. The molecule has 3 N–H and O–H groups in total. The standard InChI is InChI=1S/C15H19N3OS/c1-11-4-2-3-5-12(11)6-7-14(19)17-9-8-13-10-20-15(16)18-13/h2-5,10H,6-9H2,1H3,(H2,16,18)(H,17,19). The summed E-state index contributed by atoms with van der Waals surface area (Å²) in [5, 5.41) is 5.42. The third kappa shape index (κ3) is 4.35. The van der Waals surface area contributed by atoms with Gasteiger partial charge in [-0.15, -0.1) is 11.3 Å². The molecule has 4 nitrogen and oxygen atoms in total. The minimum atomic E-state index is 0.0801. The maximum absolute atomic E-state index is 11.8. The topological polar surface area (TPSA) is 68.0 Å². The summed E-state index contributed by atoms with van der Waals surface area (Å²) >= 11 is 1.43. The van der Waals surface area contributed by atoms with Gasteiger partial charge in [0.1, 0.15) is 0 Å². The van der Waals surface area contributed by atoms with Crippen LogP contribution in [0.15, 0.2) is 29.6 Å². The van der Waals surface area contributed by atoms with Gasteiger partial charge in [-0.2, -0.15) is 0 Å². The monoisotopic (exact) mass is 289 g/mol. The number of benzene rings is 1. The van der Waals surface area contributed by atoms with Crippen molar-refractivity contribution in [2.24, 2.45) is 0 Å². The Hall–Kier alpha value is -1.88. The normalized spacial score (nSPS) is 10.4. The second-order valence-corrected chi connectivity index (χ2v) is 5.59. The highest BCUT2D eigenvalue weighted by molar-refractivity contribution is 7.13. The summed E-state index contributed by atoms with van der Waals surface area (Å²) in [6.07, 6.45) is 2.02. The summed E-state index contributed by atoms with van der Waals surface area (Å²) in [7, 11) is 0. The van der Waals surface area contributed by atoms with Crippen LogP contribution in [-0.2, 0) is 17.6 Å². The molecule has 2 aromatic rings. The fourth-order valence-corrected chi connectivity index (χ4v) is 2.59. The molecule has 2 rings (SSSR count). The number of nitrogens with zero attached hydrogens (tertiary/aromatic N) is 1. The van der Waals surface area contributed by atoms with E-state index >= 15 is 0 Å². The maximum atomic E-state index is 11.8. The number of nitrogens with one attached hydrogen (secondary N) is 1. The highest BCUT2D eigenvalue weighted by Gasteiger charge is 2.04. The van der Waals surface area contributed by atoms with Crippen molar-refractivity contribution in [1.29, 1.82) is 0 Å². The molecule has 20 heavy (non-hydrogen) atoms. The molecule has 0 saturated heterocycles. The molecule has 0 fully saturated rings. The number of nitrogen functional groups attached to an aromatic ring is 1. The average molecular weight is 289 g/mol. The van der Waals surface area contributed by atoms with Crippen LogP contribution < -0.4 is 11.1 Å². The maximum Gasteiger partial charge on any atom is 0.220 e. The minimum Gasteiger partial charge on any atom is -0.375 e. The first-order valence-electron chi connectivity index (χ1n) is 6.66. The molecule has 0 radical (unpaired) electrons. The summed E-state index contributed by atoms with van der Waals surface area (Å²) in [4.78, 5) is 15.9. The Morgan fingerprint density at radius 3 is 2.85 bits per heavy atom. The van der Waals surface area contributed by atoms with Crippen LogP contribution in [0.4, 0.5) is 5.13 Å². The van der Waals surface area contributed by atoms with Crippen LogP contribution in [-0.4, -0.2) is 17.4 Å². The third-order valence-corrected chi connectivity index (χ3v) is 3.88. The van der Waals surface area contributed by atoms with Crippen molar-refractivity contribution in [3.05, 3.63) is 46.5 Å². The third-order valence-electron chi connectivity index (χ3n) is 3.16. The van der Waals surface area contributed by atoms with Crippen LogP contribution in [0.1, 0.15) is 23.2 Å². The van der Waals surface area contributed by atoms with E-state index in [1.165, 1.54) is 22.5 Å².